The van der Waals surface area contributed by atoms with Crippen LogP contribution in [0, 0.1) is 6.92 Å². The fourth-order valence-corrected chi connectivity index (χ4v) is 3.69. The van der Waals surface area contributed by atoms with E-state index in [1.165, 1.54) is 4.90 Å². The van der Waals surface area contributed by atoms with Crippen molar-refractivity contribution in [3.63, 3.8) is 0 Å². The number of aliphatic hydroxyl groups is 1. The number of halogens is 2. The second-order valence-corrected chi connectivity index (χ2v) is 7.69. The zero-order valence-electron chi connectivity index (χ0n) is 16.1. The van der Waals surface area contributed by atoms with E-state index in [2.05, 4.69) is 0 Å². The van der Waals surface area contributed by atoms with Gasteiger partial charge in [-0.1, -0.05) is 59.1 Å². The minimum atomic E-state index is -0.761. The number of likely N-dealkylation sites (tertiary alicyclic amines) is 1. The fraction of sp³-hybridized carbons (Fsp3) is 0.273. The van der Waals surface area contributed by atoms with Gasteiger partial charge in [-0.3, -0.25) is 9.59 Å². The number of amides is 1. The third kappa shape index (κ3) is 4.32. The summed E-state index contributed by atoms with van der Waals surface area (Å²) in [5.74, 6) is -1.60. The highest BCUT2D eigenvalue weighted by Crippen LogP contribution is 2.41. The van der Waals surface area contributed by atoms with Gasteiger partial charge in [0.25, 0.3) is 11.7 Å². The first-order valence-electron chi connectivity index (χ1n) is 9.14. The molecule has 1 amide bonds. The first-order valence-corrected chi connectivity index (χ1v) is 9.90. The number of aliphatic hydroxyl groups excluding tert-OH is 1. The highest BCUT2D eigenvalue weighted by molar-refractivity contribution is 6.46. The molecule has 0 aliphatic carbocycles. The molecule has 29 heavy (non-hydrogen) atoms. The number of rotatable bonds is 6. The molecule has 152 valence electrons. The maximum atomic E-state index is 12.9. The lowest BCUT2D eigenvalue weighted by atomic mass is 9.95. The topological polar surface area (TPSA) is 66.8 Å². The van der Waals surface area contributed by atoms with Crippen LogP contribution in [0.15, 0.2) is 48.0 Å². The first kappa shape index (κ1) is 21.4. The molecule has 1 aliphatic rings. The summed E-state index contributed by atoms with van der Waals surface area (Å²) in [7, 11) is 1.57. The molecule has 2 aromatic rings. The number of ketones is 1. The summed E-state index contributed by atoms with van der Waals surface area (Å²) in [5.41, 5.74) is 2.12. The molecule has 1 aliphatic heterocycles. The molecule has 0 saturated carbocycles. The summed E-state index contributed by atoms with van der Waals surface area (Å²) in [4.78, 5) is 27.1. The second kappa shape index (κ2) is 8.99. The molecule has 0 aromatic heterocycles. The van der Waals surface area contributed by atoms with Gasteiger partial charge in [0.1, 0.15) is 5.76 Å². The van der Waals surface area contributed by atoms with Gasteiger partial charge in [0.15, 0.2) is 0 Å². The van der Waals surface area contributed by atoms with Crippen molar-refractivity contribution in [2.45, 2.75) is 19.4 Å². The molecule has 1 atom stereocenters. The summed E-state index contributed by atoms with van der Waals surface area (Å²) < 4.78 is 5.07. The maximum Gasteiger partial charge on any atom is 0.295 e. The molecule has 1 N–H and O–H groups in total. The van der Waals surface area contributed by atoms with E-state index in [-0.39, 0.29) is 11.3 Å². The van der Waals surface area contributed by atoms with E-state index in [4.69, 9.17) is 27.9 Å². The average molecular weight is 434 g/mol. The minimum Gasteiger partial charge on any atom is -0.507 e. The van der Waals surface area contributed by atoms with Crippen LogP contribution in [0.4, 0.5) is 0 Å². The summed E-state index contributed by atoms with van der Waals surface area (Å²) in [6.07, 6.45) is 0.548. The lowest BCUT2D eigenvalue weighted by molar-refractivity contribution is -0.140. The van der Waals surface area contributed by atoms with E-state index in [0.717, 1.165) is 5.56 Å². The number of carbonyl (C=O) groups is 2. The quantitative estimate of drug-likeness (QED) is 0.308. The number of hydrogen-bond acceptors (Lipinski definition) is 4. The van der Waals surface area contributed by atoms with Crippen molar-refractivity contribution in [2.75, 3.05) is 20.3 Å². The highest BCUT2D eigenvalue weighted by atomic mass is 35.5. The van der Waals surface area contributed by atoms with Gasteiger partial charge in [-0.05, 0) is 31.0 Å². The Bertz CT molecular complexity index is 969. The van der Waals surface area contributed by atoms with Crippen molar-refractivity contribution in [2.24, 2.45) is 0 Å². The van der Waals surface area contributed by atoms with Crippen LogP contribution in [0.3, 0.4) is 0 Å². The van der Waals surface area contributed by atoms with E-state index < -0.39 is 17.7 Å². The Kier molecular flexibility index (Phi) is 6.63. The van der Waals surface area contributed by atoms with Gasteiger partial charge in [-0.25, -0.2) is 0 Å². The van der Waals surface area contributed by atoms with Gasteiger partial charge in [0, 0.05) is 25.8 Å². The second-order valence-electron chi connectivity index (χ2n) is 6.88. The van der Waals surface area contributed by atoms with Crippen LogP contribution in [0.25, 0.3) is 5.76 Å². The Morgan fingerprint density at radius 1 is 1.10 bits per heavy atom. The number of nitrogens with zero attached hydrogens (tertiary/aromatic N) is 1. The Hall–Kier alpha value is -2.34. The number of benzene rings is 2. The largest absolute Gasteiger partial charge is 0.507 e. The zero-order valence-corrected chi connectivity index (χ0v) is 17.6. The molecule has 0 spiro atoms. The first-order chi connectivity index (χ1) is 13.8. The van der Waals surface area contributed by atoms with Crippen molar-refractivity contribution in [3.05, 3.63) is 74.8 Å². The van der Waals surface area contributed by atoms with E-state index in [9.17, 15) is 14.7 Å². The monoisotopic (exact) mass is 433 g/mol. The number of hydrogen-bond donors (Lipinski definition) is 1. The summed E-state index contributed by atoms with van der Waals surface area (Å²) in [6, 6.07) is 11.3. The normalized spacial score (nSPS) is 18.5. The Morgan fingerprint density at radius 2 is 1.79 bits per heavy atom. The molecule has 1 saturated heterocycles. The fourth-order valence-electron chi connectivity index (χ4n) is 3.39. The highest BCUT2D eigenvalue weighted by Gasteiger charge is 2.45. The molecule has 3 rings (SSSR count). The predicted octanol–water partition coefficient (Wildman–Crippen LogP) is 4.76. The van der Waals surface area contributed by atoms with Crippen LogP contribution in [-0.4, -0.2) is 42.0 Å². The van der Waals surface area contributed by atoms with E-state index in [0.29, 0.717) is 40.7 Å². The molecule has 0 bridgehead atoms. The molecule has 1 unspecified atom stereocenters. The van der Waals surface area contributed by atoms with Gasteiger partial charge in [-0.15, -0.1) is 0 Å². The summed E-state index contributed by atoms with van der Waals surface area (Å²) in [6.45, 7) is 2.66. The van der Waals surface area contributed by atoms with Crippen molar-refractivity contribution in [1.29, 1.82) is 0 Å². The van der Waals surface area contributed by atoms with Crippen LogP contribution in [0.1, 0.15) is 29.2 Å². The van der Waals surface area contributed by atoms with Gasteiger partial charge >= 0.3 is 0 Å². The van der Waals surface area contributed by atoms with Crippen LogP contribution in [0.2, 0.25) is 10.0 Å². The standard InChI is InChI=1S/C22H21Cl2NO4/c1-13-4-6-14(7-5-13)20(26)18-19(15-8-9-16(23)17(24)12-15)25(10-3-11-29-2)22(28)21(18)27/h4-9,12,19,26H,3,10-11H2,1-2H3/b20-18+. The lowest BCUT2D eigenvalue weighted by Gasteiger charge is -2.25. The summed E-state index contributed by atoms with van der Waals surface area (Å²) in [5, 5.41) is 11.6. The molecule has 0 radical (unpaired) electrons. The van der Waals surface area contributed by atoms with E-state index >= 15 is 0 Å². The summed E-state index contributed by atoms with van der Waals surface area (Å²) >= 11 is 12.2. The molecule has 1 heterocycles. The number of carbonyl (C=O) groups excluding carboxylic acids is 2. The van der Waals surface area contributed by atoms with Gasteiger partial charge in [0.2, 0.25) is 0 Å². The molecule has 2 aromatic carbocycles. The third-order valence-corrected chi connectivity index (χ3v) is 5.61. The number of aryl methyl sites for hydroxylation is 1. The number of methoxy groups -OCH3 is 1. The molecule has 7 heteroatoms. The molecular weight excluding hydrogens is 413 g/mol. The van der Waals surface area contributed by atoms with Crippen LogP contribution in [-0.2, 0) is 14.3 Å². The number of ether oxygens (including phenoxy) is 1. The predicted molar refractivity (Wildman–Crippen MR) is 113 cm³/mol. The lowest BCUT2D eigenvalue weighted by Crippen LogP contribution is -2.31. The average Bonchev–Trinajstić information content (AvgIpc) is 2.95. The van der Waals surface area contributed by atoms with Crippen LogP contribution < -0.4 is 0 Å². The third-order valence-electron chi connectivity index (χ3n) is 4.87. The minimum absolute atomic E-state index is 0.0367. The molecular formula is C22H21Cl2NO4. The van der Waals surface area contributed by atoms with E-state index in [1.54, 1.807) is 37.4 Å². The van der Waals surface area contributed by atoms with Crippen molar-refractivity contribution in [1.82, 2.24) is 4.90 Å². The smallest absolute Gasteiger partial charge is 0.295 e. The maximum absolute atomic E-state index is 12.9. The number of Topliss-reactive ketones (excluding diaryl/α,β-unsaturated/α-hetero) is 1. The van der Waals surface area contributed by atoms with Crippen molar-refractivity contribution < 1.29 is 19.4 Å². The Labute approximate surface area is 179 Å². The van der Waals surface area contributed by atoms with Gasteiger partial charge in [-0.2, -0.15) is 0 Å². The Balaban J connectivity index is 2.14. The van der Waals surface area contributed by atoms with Crippen molar-refractivity contribution >= 4 is 40.7 Å². The van der Waals surface area contributed by atoms with Crippen LogP contribution in [0.5, 0.6) is 0 Å². The Morgan fingerprint density at radius 3 is 2.41 bits per heavy atom. The van der Waals surface area contributed by atoms with Crippen LogP contribution >= 0.6 is 23.2 Å². The zero-order chi connectivity index (χ0) is 21.1. The molecule has 1 fully saturated rings. The molecule has 5 nitrogen and oxygen atoms in total. The van der Waals surface area contributed by atoms with E-state index in [1.807, 2.05) is 19.1 Å². The SMILES string of the molecule is COCCCN1C(=O)C(=O)/C(=C(/O)c2ccc(C)cc2)C1c1ccc(Cl)c(Cl)c1. The van der Waals surface area contributed by atoms with Gasteiger partial charge in [0.05, 0.1) is 21.7 Å². The van der Waals surface area contributed by atoms with Crippen molar-refractivity contribution in [3.8, 4) is 0 Å². The van der Waals surface area contributed by atoms with Gasteiger partial charge < -0.3 is 14.7 Å².